The molecule has 0 N–H and O–H groups in total. The van der Waals surface area contributed by atoms with Gasteiger partial charge < -0.3 is 0 Å². The number of unbranched alkanes of at least 4 members (excludes halogenated alkanes) is 40. The maximum absolute atomic E-state index is 2.56. The van der Waals surface area contributed by atoms with Crippen LogP contribution in [0.2, 0.25) is 0 Å². The van der Waals surface area contributed by atoms with E-state index in [2.05, 4.69) is 39.0 Å². The van der Waals surface area contributed by atoms with Crippen molar-refractivity contribution in [3.05, 3.63) is 34.9 Å². The van der Waals surface area contributed by atoms with Gasteiger partial charge in [-0.25, -0.2) is 0 Å². The highest BCUT2D eigenvalue weighted by Crippen LogP contribution is 2.20. The molecule has 0 aliphatic carbocycles. The number of hydrogen-bond donors (Lipinski definition) is 0. The summed E-state index contributed by atoms with van der Waals surface area (Å²) in [4.78, 5) is 0. The first kappa shape index (κ1) is 51.2. The van der Waals surface area contributed by atoms with Gasteiger partial charge in [-0.1, -0.05) is 296 Å². The average Bonchev–Trinajstić information content (AvgIpc) is 3.19. The Bertz CT molecular complexity index is 772. The van der Waals surface area contributed by atoms with E-state index in [4.69, 9.17) is 0 Å². The molecule has 1 aromatic rings. The van der Waals surface area contributed by atoms with Crippen molar-refractivity contribution in [2.75, 3.05) is 0 Å². The molecule has 0 aliphatic rings. The van der Waals surface area contributed by atoms with Gasteiger partial charge in [0.25, 0.3) is 0 Å². The molecule has 0 nitrogen and oxygen atoms in total. The summed E-state index contributed by atoms with van der Waals surface area (Å²) >= 11 is 0. The molecule has 54 heavy (non-hydrogen) atoms. The standard InChI is InChI=1S/C54H102/c1-4-7-9-11-13-15-17-19-21-23-25-27-29-31-33-35-37-39-41-43-45-47-53-49-52(6-3)50-54(51-53)48-46-44-42-40-38-36-34-32-30-28-26-24-22-20-18-16-14-12-10-8-5-2/h49-51H,4-48H2,1-3H3. The summed E-state index contributed by atoms with van der Waals surface area (Å²) in [5, 5.41) is 0. The Morgan fingerprint density at radius 2 is 0.370 bits per heavy atom. The lowest BCUT2D eigenvalue weighted by Gasteiger charge is -2.10. The fourth-order valence-corrected chi connectivity index (χ4v) is 8.85. The summed E-state index contributed by atoms with van der Waals surface area (Å²) in [6.45, 7) is 6.96. The third kappa shape index (κ3) is 36.8. The number of hydrogen-bond acceptors (Lipinski definition) is 0. The molecule has 0 radical (unpaired) electrons. The predicted molar refractivity (Wildman–Crippen MR) is 248 cm³/mol. The lowest BCUT2D eigenvalue weighted by molar-refractivity contribution is 0.520. The molecule has 0 spiro atoms. The average molecular weight is 751 g/mol. The second kappa shape index (κ2) is 43.3. The Kier molecular flexibility index (Phi) is 41.1. The van der Waals surface area contributed by atoms with Gasteiger partial charge in [0.05, 0.1) is 0 Å². The van der Waals surface area contributed by atoms with Gasteiger partial charge in [-0.05, 0) is 48.8 Å². The number of aryl methyl sites for hydroxylation is 3. The van der Waals surface area contributed by atoms with Crippen LogP contribution in [-0.2, 0) is 19.3 Å². The highest BCUT2D eigenvalue weighted by atomic mass is 14.1. The van der Waals surface area contributed by atoms with E-state index in [-0.39, 0.29) is 0 Å². The maximum atomic E-state index is 2.56. The van der Waals surface area contributed by atoms with Crippen LogP contribution < -0.4 is 0 Å². The molecule has 0 bridgehead atoms. The monoisotopic (exact) mass is 751 g/mol. The molecule has 0 amide bonds. The van der Waals surface area contributed by atoms with Crippen LogP contribution in [0.4, 0.5) is 0 Å². The van der Waals surface area contributed by atoms with Crippen molar-refractivity contribution in [2.24, 2.45) is 0 Å². The fourth-order valence-electron chi connectivity index (χ4n) is 8.85. The van der Waals surface area contributed by atoms with E-state index >= 15 is 0 Å². The third-order valence-electron chi connectivity index (χ3n) is 12.7. The molecular formula is C54H102. The predicted octanol–water partition coefficient (Wildman–Crippen LogP) is 19.8. The van der Waals surface area contributed by atoms with Gasteiger partial charge in [0, 0.05) is 0 Å². The van der Waals surface area contributed by atoms with E-state index in [1.165, 1.54) is 289 Å². The third-order valence-corrected chi connectivity index (χ3v) is 12.7. The minimum atomic E-state index is 1.18. The summed E-state index contributed by atoms with van der Waals surface area (Å²) in [5.74, 6) is 0. The Labute approximate surface area is 343 Å². The van der Waals surface area contributed by atoms with Gasteiger partial charge in [0.15, 0.2) is 0 Å². The lowest BCUT2D eigenvalue weighted by atomic mass is 9.96. The highest BCUT2D eigenvalue weighted by Gasteiger charge is 2.03. The molecule has 0 heterocycles. The first-order valence-corrected chi connectivity index (χ1v) is 25.9. The largest absolute Gasteiger partial charge is 0.0654 e. The van der Waals surface area contributed by atoms with E-state index in [0.29, 0.717) is 0 Å². The van der Waals surface area contributed by atoms with Crippen LogP contribution in [0.1, 0.15) is 307 Å². The van der Waals surface area contributed by atoms with Crippen LogP contribution in [0.25, 0.3) is 0 Å². The topological polar surface area (TPSA) is 0 Å². The van der Waals surface area contributed by atoms with Gasteiger partial charge in [-0.3, -0.25) is 0 Å². The minimum Gasteiger partial charge on any atom is -0.0654 e. The van der Waals surface area contributed by atoms with Gasteiger partial charge >= 0.3 is 0 Å². The van der Waals surface area contributed by atoms with Crippen molar-refractivity contribution in [2.45, 2.75) is 310 Å². The first-order valence-electron chi connectivity index (χ1n) is 25.9. The van der Waals surface area contributed by atoms with Crippen molar-refractivity contribution in [1.29, 1.82) is 0 Å². The van der Waals surface area contributed by atoms with Gasteiger partial charge in [0.1, 0.15) is 0 Å². The molecule has 0 unspecified atom stereocenters. The SMILES string of the molecule is CCCCCCCCCCCCCCCCCCCCCCCc1cc(CC)cc(CCCCCCCCCCCCCCCCCCCCCCC)c1. The Morgan fingerprint density at radius 1 is 0.204 bits per heavy atom. The van der Waals surface area contributed by atoms with E-state index < -0.39 is 0 Å². The van der Waals surface area contributed by atoms with Gasteiger partial charge in [0.2, 0.25) is 0 Å². The van der Waals surface area contributed by atoms with Crippen LogP contribution >= 0.6 is 0 Å². The smallest absolute Gasteiger partial charge is 0.0279 e. The van der Waals surface area contributed by atoms with Crippen molar-refractivity contribution in [3.63, 3.8) is 0 Å². The molecule has 0 aliphatic heterocycles. The summed E-state index contributed by atoms with van der Waals surface area (Å²) < 4.78 is 0. The maximum Gasteiger partial charge on any atom is -0.0279 e. The molecule has 1 rings (SSSR count). The van der Waals surface area contributed by atoms with E-state index in [1.54, 1.807) is 16.7 Å². The van der Waals surface area contributed by atoms with Crippen LogP contribution in [0, 0.1) is 0 Å². The summed E-state index contributed by atoms with van der Waals surface area (Å²) in [5.41, 5.74) is 4.80. The minimum absolute atomic E-state index is 1.18. The van der Waals surface area contributed by atoms with Crippen molar-refractivity contribution < 1.29 is 0 Å². The van der Waals surface area contributed by atoms with Crippen LogP contribution in [0.5, 0.6) is 0 Å². The van der Waals surface area contributed by atoms with Crippen molar-refractivity contribution >= 4 is 0 Å². The zero-order chi connectivity index (χ0) is 38.7. The van der Waals surface area contributed by atoms with Crippen molar-refractivity contribution in [1.82, 2.24) is 0 Å². The Morgan fingerprint density at radius 3 is 0.556 bits per heavy atom. The summed E-state index contributed by atoms with van der Waals surface area (Å²) in [7, 11) is 0. The molecule has 318 valence electrons. The normalized spacial score (nSPS) is 11.6. The molecule has 0 heteroatoms. The van der Waals surface area contributed by atoms with Gasteiger partial charge in [-0.2, -0.15) is 0 Å². The second-order valence-electron chi connectivity index (χ2n) is 18.2. The Balaban J connectivity index is 1.89. The van der Waals surface area contributed by atoms with E-state index in [9.17, 15) is 0 Å². The second-order valence-corrected chi connectivity index (χ2v) is 18.2. The van der Waals surface area contributed by atoms with E-state index in [1.807, 2.05) is 0 Å². The number of rotatable bonds is 45. The molecule has 1 aromatic carbocycles. The Hall–Kier alpha value is -0.780. The van der Waals surface area contributed by atoms with Crippen LogP contribution in [-0.4, -0.2) is 0 Å². The first-order chi connectivity index (χ1) is 26.8. The van der Waals surface area contributed by atoms with Gasteiger partial charge in [-0.15, -0.1) is 0 Å². The molecule has 0 saturated carbocycles. The zero-order valence-electron chi connectivity index (χ0n) is 38.1. The molecular weight excluding hydrogens is 649 g/mol. The van der Waals surface area contributed by atoms with E-state index in [0.717, 1.165) is 0 Å². The fraction of sp³-hybridized carbons (Fsp3) is 0.889. The summed E-state index contributed by atoms with van der Waals surface area (Å²) in [6.07, 6.45) is 65.2. The molecule has 0 aromatic heterocycles. The highest BCUT2D eigenvalue weighted by molar-refractivity contribution is 5.30. The molecule has 0 atom stereocenters. The number of benzene rings is 1. The zero-order valence-corrected chi connectivity index (χ0v) is 38.1. The molecule has 0 saturated heterocycles. The van der Waals surface area contributed by atoms with Crippen LogP contribution in [0.15, 0.2) is 18.2 Å². The molecule has 0 fully saturated rings. The van der Waals surface area contributed by atoms with Crippen LogP contribution in [0.3, 0.4) is 0 Å². The summed E-state index contributed by atoms with van der Waals surface area (Å²) in [6, 6.07) is 7.59. The quantitative estimate of drug-likeness (QED) is 0.0582. The lowest BCUT2D eigenvalue weighted by Crippen LogP contribution is -1.95. The van der Waals surface area contributed by atoms with Crippen molar-refractivity contribution in [3.8, 4) is 0 Å².